The highest BCUT2D eigenvalue weighted by atomic mass is 32.2. The molecular weight excluding hydrogens is 290 g/mol. The van der Waals surface area contributed by atoms with E-state index in [1.807, 2.05) is 36.4 Å². The van der Waals surface area contributed by atoms with Gasteiger partial charge < -0.3 is 5.32 Å². The highest BCUT2D eigenvalue weighted by molar-refractivity contribution is 8.25. The summed E-state index contributed by atoms with van der Waals surface area (Å²) >= 11 is 12.5. The minimum absolute atomic E-state index is 0.394. The van der Waals surface area contributed by atoms with E-state index < -0.39 is 4.75 Å². The van der Waals surface area contributed by atoms with Gasteiger partial charge in [-0.3, -0.25) is 0 Å². The Morgan fingerprint density at radius 3 is 1.63 bits per heavy atom. The molecule has 2 aromatic rings. The summed E-state index contributed by atoms with van der Waals surface area (Å²) in [6, 6.07) is 20.5. The molecule has 1 saturated heterocycles. The molecule has 94 valence electrons. The predicted octanol–water partition coefficient (Wildman–Crippen LogP) is 3.88. The van der Waals surface area contributed by atoms with Crippen LogP contribution in [-0.2, 0) is 4.75 Å². The first-order valence-electron chi connectivity index (χ1n) is 5.89. The molecule has 0 radical (unpaired) electrons. The van der Waals surface area contributed by atoms with Crippen molar-refractivity contribution in [3.05, 3.63) is 71.8 Å². The van der Waals surface area contributed by atoms with Gasteiger partial charge in [0, 0.05) is 0 Å². The Kier molecular flexibility index (Phi) is 3.39. The fraction of sp³-hybridized carbons (Fsp3) is 0.0667. The summed E-state index contributed by atoms with van der Waals surface area (Å²) in [5.41, 5.74) is 2.31. The van der Waals surface area contributed by atoms with Crippen LogP contribution in [0.1, 0.15) is 11.1 Å². The lowest BCUT2D eigenvalue weighted by Gasteiger charge is -2.27. The van der Waals surface area contributed by atoms with Crippen LogP contribution < -0.4 is 5.32 Å². The second-order valence-corrected chi connectivity index (χ2v) is 6.56. The van der Waals surface area contributed by atoms with E-state index in [9.17, 15) is 0 Å². The van der Waals surface area contributed by atoms with E-state index in [0.717, 1.165) is 20.4 Å². The third-order valence-electron chi connectivity index (χ3n) is 3.14. The van der Waals surface area contributed by atoms with Gasteiger partial charge in [0.2, 0.25) is 0 Å². The quantitative estimate of drug-likeness (QED) is 0.844. The lowest BCUT2D eigenvalue weighted by molar-refractivity contribution is 1.00. The predicted molar refractivity (Wildman–Crippen MR) is 89.6 cm³/mol. The number of benzene rings is 2. The van der Waals surface area contributed by atoms with Crippen LogP contribution >= 0.6 is 36.2 Å². The Balaban J connectivity index is 2.23. The second kappa shape index (κ2) is 5.04. The van der Waals surface area contributed by atoms with Gasteiger partial charge in [-0.15, -0.1) is 0 Å². The topological polar surface area (TPSA) is 12.0 Å². The summed E-state index contributed by atoms with van der Waals surface area (Å²) in [5.74, 6) is 0. The van der Waals surface area contributed by atoms with E-state index >= 15 is 0 Å². The van der Waals surface area contributed by atoms with Gasteiger partial charge in [0.1, 0.15) is 14.1 Å². The van der Waals surface area contributed by atoms with E-state index in [1.165, 1.54) is 0 Å². The first-order valence-corrected chi connectivity index (χ1v) is 7.52. The van der Waals surface area contributed by atoms with Gasteiger partial charge in [0.25, 0.3) is 0 Å². The number of thiocarbonyl (C=S) groups is 2. The van der Waals surface area contributed by atoms with Crippen LogP contribution in [0.15, 0.2) is 60.7 Å². The molecule has 3 rings (SSSR count). The van der Waals surface area contributed by atoms with E-state index in [1.54, 1.807) is 11.8 Å². The average Bonchev–Trinajstić information content (AvgIpc) is 2.76. The number of hydrogen-bond donors (Lipinski definition) is 1. The van der Waals surface area contributed by atoms with Gasteiger partial charge in [-0.1, -0.05) is 96.9 Å². The van der Waals surface area contributed by atoms with Crippen molar-refractivity contribution in [2.24, 2.45) is 0 Å². The molecule has 0 unspecified atom stereocenters. The SMILES string of the molecule is S=C1NC(=S)C(c2ccccc2)(c2ccccc2)S1. The minimum Gasteiger partial charge on any atom is -0.334 e. The molecule has 1 fully saturated rings. The fourth-order valence-electron chi connectivity index (χ4n) is 2.28. The van der Waals surface area contributed by atoms with Crippen molar-refractivity contribution in [2.45, 2.75) is 4.75 Å². The number of thioether (sulfide) groups is 1. The third-order valence-corrected chi connectivity index (χ3v) is 5.30. The van der Waals surface area contributed by atoms with E-state index in [0.29, 0.717) is 0 Å². The highest BCUT2D eigenvalue weighted by Gasteiger charge is 2.45. The zero-order chi connectivity index (χ0) is 13.3. The molecule has 0 saturated carbocycles. The van der Waals surface area contributed by atoms with Crippen molar-refractivity contribution in [3.8, 4) is 0 Å². The molecule has 1 N–H and O–H groups in total. The van der Waals surface area contributed by atoms with Crippen molar-refractivity contribution in [2.75, 3.05) is 0 Å². The van der Waals surface area contributed by atoms with Crippen molar-refractivity contribution >= 4 is 45.5 Å². The number of hydrogen-bond acceptors (Lipinski definition) is 3. The summed E-state index contributed by atoms with van der Waals surface area (Å²) in [7, 11) is 0. The molecule has 19 heavy (non-hydrogen) atoms. The molecule has 2 aromatic carbocycles. The summed E-state index contributed by atoms with van der Waals surface area (Å²) in [4.78, 5) is 0.764. The van der Waals surface area contributed by atoms with Crippen molar-refractivity contribution in [1.82, 2.24) is 5.32 Å². The molecule has 1 aliphatic rings. The first-order chi connectivity index (χ1) is 9.23. The molecule has 1 heterocycles. The Bertz CT molecular complexity index is 583. The fourth-order valence-corrected chi connectivity index (χ4v) is 4.44. The monoisotopic (exact) mass is 301 g/mol. The standard InChI is InChI=1S/C15H11NS3/c17-13-15(19-14(18)16-13,11-7-3-1-4-8-11)12-9-5-2-6-10-12/h1-10H,(H,16,17,18). The normalized spacial score (nSPS) is 17.3. The molecular formula is C15H11NS3. The largest absolute Gasteiger partial charge is 0.334 e. The van der Waals surface area contributed by atoms with Crippen molar-refractivity contribution < 1.29 is 0 Å². The zero-order valence-electron chi connectivity index (χ0n) is 10.00. The average molecular weight is 301 g/mol. The van der Waals surface area contributed by atoms with E-state index in [4.69, 9.17) is 24.4 Å². The first kappa shape index (κ1) is 12.8. The molecule has 1 nitrogen and oxygen atoms in total. The van der Waals surface area contributed by atoms with Crippen LogP contribution in [0.5, 0.6) is 0 Å². The molecule has 0 atom stereocenters. The van der Waals surface area contributed by atoms with Gasteiger partial charge in [0.05, 0.1) is 0 Å². The summed E-state index contributed by atoms with van der Waals surface area (Å²) in [6.45, 7) is 0. The Hall–Kier alpha value is -1.23. The van der Waals surface area contributed by atoms with E-state index in [-0.39, 0.29) is 0 Å². The zero-order valence-corrected chi connectivity index (χ0v) is 12.4. The second-order valence-electron chi connectivity index (χ2n) is 4.26. The lowest BCUT2D eigenvalue weighted by atomic mass is 9.90. The Labute approximate surface area is 127 Å². The summed E-state index contributed by atoms with van der Waals surface area (Å²) in [5, 5.41) is 3.13. The number of rotatable bonds is 2. The Morgan fingerprint density at radius 1 is 0.789 bits per heavy atom. The maximum atomic E-state index is 5.57. The Morgan fingerprint density at radius 2 is 1.26 bits per heavy atom. The lowest BCUT2D eigenvalue weighted by Crippen LogP contribution is -2.33. The minimum atomic E-state index is -0.394. The molecule has 0 aliphatic carbocycles. The third kappa shape index (κ3) is 2.10. The highest BCUT2D eigenvalue weighted by Crippen LogP contribution is 2.47. The van der Waals surface area contributed by atoms with Crippen LogP contribution in [0.3, 0.4) is 0 Å². The van der Waals surface area contributed by atoms with Gasteiger partial charge in [0.15, 0.2) is 0 Å². The molecule has 0 spiro atoms. The smallest absolute Gasteiger partial charge is 0.140 e. The van der Waals surface area contributed by atoms with Gasteiger partial charge in [-0.2, -0.15) is 0 Å². The van der Waals surface area contributed by atoms with Crippen LogP contribution in [0.4, 0.5) is 0 Å². The van der Waals surface area contributed by atoms with Crippen molar-refractivity contribution in [3.63, 3.8) is 0 Å². The number of nitrogens with one attached hydrogen (secondary N) is 1. The summed E-state index contributed by atoms with van der Waals surface area (Å²) < 4.78 is 0.340. The van der Waals surface area contributed by atoms with Crippen LogP contribution in [0, 0.1) is 0 Å². The molecule has 4 heteroatoms. The molecule has 0 amide bonds. The van der Waals surface area contributed by atoms with Gasteiger partial charge in [-0.05, 0) is 11.1 Å². The maximum Gasteiger partial charge on any atom is 0.140 e. The van der Waals surface area contributed by atoms with Crippen LogP contribution in [0.2, 0.25) is 0 Å². The van der Waals surface area contributed by atoms with Gasteiger partial charge >= 0.3 is 0 Å². The van der Waals surface area contributed by atoms with Crippen LogP contribution in [0.25, 0.3) is 0 Å². The molecule has 0 aromatic heterocycles. The maximum absolute atomic E-state index is 5.57. The van der Waals surface area contributed by atoms with Gasteiger partial charge in [-0.25, -0.2) is 0 Å². The van der Waals surface area contributed by atoms with Crippen LogP contribution in [-0.4, -0.2) is 9.31 Å². The molecule has 0 bridgehead atoms. The molecule has 1 aliphatic heterocycles. The summed E-state index contributed by atoms with van der Waals surface area (Å²) in [6.07, 6.45) is 0. The van der Waals surface area contributed by atoms with Crippen molar-refractivity contribution in [1.29, 1.82) is 0 Å². The van der Waals surface area contributed by atoms with E-state index in [2.05, 4.69) is 29.6 Å².